The fourth-order valence-corrected chi connectivity index (χ4v) is 4.28. The Labute approximate surface area is 183 Å². The third-order valence-corrected chi connectivity index (χ3v) is 6.70. The Morgan fingerprint density at radius 2 is 1.87 bits per heavy atom. The third-order valence-electron chi connectivity index (χ3n) is 5.15. The van der Waals surface area contributed by atoms with E-state index < -0.39 is 10.0 Å². The number of hydrogen-bond acceptors (Lipinski definition) is 3. The van der Waals surface area contributed by atoms with Crippen molar-refractivity contribution >= 4 is 38.2 Å². The van der Waals surface area contributed by atoms with Crippen LogP contribution in [0.15, 0.2) is 42.5 Å². The molecule has 0 aliphatic heterocycles. The number of benzene rings is 2. The van der Waals surface area contributed by atoms with Crippen LogP contribution in [0.1, 0.15) is 44.0 Å². The Bertz CT molecular complexity index is 1190. The fraction of sp³-hybridized carbons (Fsp3) is 0.348. The smallest absolute Gasteiger partial charge is 0.232 e. The molecule has 5 nitrogen and oxygen atoms in total. The maximum atomic E-state index is 11.8. The summed E-state index contributed by atoms with van der Waals surface area (Å²) < 4.78 is 28.3. The average molecular weight is 444 g/mol. The molecule has 0 atom stereocenters. The molecule has 1 heterocycles. The molecule has 0 saturated carbocycles. The molecule has 1 aromatic heterocycles. The number of halogens is 1. The number of sulfonamides is 1. The van der Waals surface area contributed by atoms with Crippen LogP contribution in [-0.2, 0) is 23.0 Å². The average Bonchev–Trinajstić information content (AvgIpc) is 2.99. The molecule has 0 fully saturated rings. The van der Waals surface area contributed by atoms with Crippen LogP contribution in [0.25, 0.3) is 10.9 Å². The van der Waals surface area contributed by atoms with Crippen molar-refractivity contribution in [3.8, 4) is 6.07 Å². The van der Waals surface area contributed by atoms with Gasteiger partial charge in [-0.3, -0.25) is 4.72 Å². The van der Waals surface area contributed by atoms with Crippen LogP contribution in [0.4, 0.5) is 5.69 Å². The summed E-state index contributed by atoms with van der Waals surface area (Å²) in [6.07, 6.45) is 1.58. The Hall–Kier alpha value is -2.49. The molecule has 1 N–H and O–H groups in total. The SMILES string of the molecule is CCS(=O)(=O)Nc1ccc(Cc2c(C#N)c3cc(Cl)ccc3n2CCC(C)C)cc1. The van der Waals surface area contributed by atoms with Gasteiger partial charge in [-0.25, -0.2) is 8.42 Å². The van der Waals surface area contributed by atoms with Crippen molar-refractivity contribution in [3.05, 3.63) is 64.3 Å². The number of hydrogen-bond donors (Lipinski definition) is 1. The van der Waals surface area contributed by atoms with Gasteiger partial charge in [0.05, 0.1) is 11.3 Å². The number of nitrogens with zero attached hydrogens (tertiary/aromatic N) is 2. The normalized spacial score (nSPS) is 11.7. The van der Waals surface area contributed by atoms with Gasteiger partial charge in [0.1, 0.15) is 6.07 Å². The van der Waals surface area contributed by atoms with Gasteiger partial charge in [-0.15, -0.1) is 0 Å². The van der Waals surface area contributed by atoms with E-state index in [1.807, 2.05) is 30.3 Å². The fourth-order valence-electron chi connectivity index (χ4n) is 3.47. The lowest BCUT2D eigenvalue weighted by atomic mass is 10.0. The second-order valence-electron chi connectivity index (χ2n) is 7.81. The van der Waals surface area contributed by atoms with E-state index in [-0.39, 0.29) is 5.75 Å². The van der Waals surface area contributed by atoms with Gasteiger partial charge in [0.15, 0.2) is 0 Å². The topological polar surface area (TPSA) is 74.9 Å². The van der Waals surface area contributed by atoms with E-state index >= 15 is 0 Å². The highest BCUT2D eigenvalue weighted by molar-refractivity contribution is 7.92. The lowest BCUT2D eigenvalue weighted by Gasteiger charge is -2.13. The number of aromatic nitrogens is 1. The van der Waals surface area contributed by atoms with E-state index in [0.29, 0.717) is 28.6 Å². The van der Waals surface area contributed by atoms with Gasteiger partial charge in [0, 0.05) is 40.3 Å². The molecule has 3 aromatic rings. The molecule has 0 spiro atoms. The second-order valence-corrected chi connectivity index (χ2v) is 10.3. The minimum atomic E-state index is -3.31. The van der Waals surface area contributed by atoms with Gasteiger partial charge in [-0.2, -0.15) is 5.26 Å². The molecule has 0 aliphatic rings. The maximum absolute atomic E-state index is 11.8. The highest BCUT2D eigenvalue weighted by Crippen LogP contribution is 2.31. The molecule has 0 saturated heterocycles. The van der Waals surface area contributed by atoms with Gasteiger partial charge in [-0.05, 0) is 55.2 Å². The zero-order valence-corrected chi connectivity index (χ0v) is 19.0. The van der Waals surface area contributed by atoms with Crippen molar-refractivity contribution in [2.24, 2.45) is 5.92 Å². The van der Waals surface area contributed by atoms with Crippen LogP contribution in [0.2, 0.25) is 5.02 Å². The van der Waals surface area contributed by atoms with Crippen molar-refractivity contribution in [1.29, 1.82) is 5.26 Å². The largest absolute Gasteiger partial charge is 0.343 e. The predicted molar refractivity (Wildman–Crippen MR) is 123 cm³/mol. The molecule has 2 aromatic carbocycles. The molecular weight excluding hydrogens is 418 g/mol. The number of nitriles is 1. The monoisotopic (exact) mass is 443 g/mol. The van der Waals surface area contributed by atoms with Crippen LogP contribution in [0, 0.1) is 17.2 Å². The van der Waals surface area contributed by atoms with Gasteiger partial charge in [-0.1, -0.05) is 37.6 Å². The molecule has 3 rings (SSSR count). The summed E-state index contributed by atoms with van der Waals surface area (Å²) in [5, 5.41) is 11.4. The molecule has 158 valence electrons. The van der Waals surface area contributed by atoms with Crippen molar-refractivity contribution in [2.75, 3.05) is 10.5 Å². The van der Waals surface area contributed by atoms with Gasteiger partial charge in [0.2, 0.25) is 10.0 Å². The van der Waals surface area contributed by atoms with Crippen LogP contribution in [0.5, 0.6) is 0 Å². The minimum Gasteiger partial charge on any atom is -0.343 e. The summed E-state index contributed by atoms with van der Waals surface area (Å²) in [4.78, 5) is 0. The highest BCUT2D eigenvalue weighted by atomic mass is 35.5. The highest BCUT2D eigenvalue weighted by Gasteiger charge is 2.18. The maximum Gasteiger partial charge on any atom is 0.232 e. The van der Waals surface area contributed by atoms with Crippen LogP contribution >= 0.6 is 11.6 Å². The summed E-state index contributed by atoms with van der Waals surface area (Å²) >= 11 is 6.20. The summed E-state index contributed by atoms with van der Waals surface area (Å²) in [6, 6.07) is 15.4. The first-order valence-corrected chi connectivity index (χ1v) is 12.1. The Balaban J connectivity index is 2.00. The minimum absolute atomic E-state index is 0.0266. The number of aryl methyl sites for hydroxylation is 1. The summed E-state index contributed by atoms with van der Waals surface area (Å²) in [5.41, 5.74) is 4.15. The van der Waals surface area contributed by atoms with Crippen molar-refractivity contribution in [3.63, 3.8) is 0 Å². The summed E-state index contributed by atoms with van der Waals surface area (Å²) in [5.74, 6) is 0.567. The third kappa shape index (κ3) is 4.97. The molecule has 7 heteroatoms. The zero-order chi connectivity index (χ0) is 21.9. The van der Waals surface area contributed by atoms with E-state index in [2.05, 4.69) is 29.2 Å². The van der Waals surface area contributed by atoms with Gasteiger partial charge >= 0.3 is 0 Å². The zero-order valence-electron chi connectivity index (χ0n) is 17.4. The first-order valence-electron chi connectivity index (χ1n) is 10.0. The first-order chi connectivity index (χ1) is 14.2. The molecular formula is C23H26ClN3O2S. The van der Waals surface area contributed by atoms with Crippen molar-refractivity contribution in [1.82, 2.24) is 4.57 Å². The Morgan fingerprint density at radius 3 is 2.47 bits per heavy atom. The summed E-state index contributed by atoms with van der Waals surface area (Å²) in [6.45, 7) is 6.79. The van der Waals surface area contributed by atoms with E-state index in [4.69, 9.17) is 11.6 Å². The van der Waals surface area contributed by atoms with E-state index in [1.165, 1.54) is 0 Å². The van der Waals surface area contributed by atoms with Gasteiger partial charge < -0.3 is 4.57 Å². The number of rotatable bonds is 8. The Kier molecular flexibility index (Phi) is 6.74. The lowest BCUT2D eigenvalue weighted by molar-refractivity contribution is 0.517. The number of anilines is 1. The van der Waals surface area contributed by atoms with Crippen molar-refractivity contribution in [2.45, 2.75) is 40.2 Å². The van der Waals surface area contributed by atoms with E-state index in [1.54, 1.807) is 19.1 Å². The number of fused-ring (bicyclic) bond motifs is 1. The molecule has 0 amide bonds. The molecule has 30 heavy (non-hydrogen) atoms. The molecule has 0 unspecified atom stereocenters. The molecule has 0 bridgehead atoms. The van der Waals surface area contributed by atoms with Crippen molar-refractivity contribution < 1.29 is 8.42 Å². The van der Waals surface area contributed by atoms with E-state index in [9.17, 15) is 13.7 Å². The lowest BCUT2D eigenvalue weighted by Crippen LogP contribution is -2.14. The second kappa shape index (κ2) is 9.11. The van der Waals surface area contributed by atoms with Crippen LogP contribution in [0.3, 0.4) is 0 Å². The molecule has 0 radical (unpaired) electrons. The number of nitrogens with one attached hydrogen (secondary N) is 1. The van der Waals surface area contributed by atoms with E-state index in [0.717, 1.165) is 35.1 Å². The van der Waals surface area contributed by atoms with Crippen LogP contribution in [-0.4, -0.2) is 18.7 Å². The quantitative estimate of drug-likeness (QED) is 0.494. The van der Waals surface area contributed by atoms with Gasteiger partial charge in [0.25, 0.3) is 0 Å². The Morgan fingerprint density at radius 1 is 1.17 bits per heavy atom. The summed E-state index contributed by atoms with van der Waals surface area (Å²) in [7, 11) is -3.31. The standard InChI is InChI=1S/C23H26ClN3O2S/c1-4-30(28,29)26-19-8-5-17(6-9-19)13-23-21(15-25)20-14-18(24)7-10-22(20)27(23)12-11-16(2)3/h5-10,14,16,26H,4,11-13H2,1-3H3. The molecule has 0 aliphatic carbocycles. The van der Waals surface area contributed by atoms with Crippen LogP contribution < -0.4 is 4.72 Å². The first kappa shape index (κ1) is 22.2. The predicted octanol–water partition coefficient (Wildman–Crippen LogP) is 5.56.